The molecule has 0 bridgehead atoms. The van der Waals surface area contributed by atoms with Crippen LogP contribution in [0.3, 0.4) is 0 Å². The standard InChI is InChI=1S/C6H9NO4/c1-2-5(7(10)11)3-4-6(8)9/h3H,2,4H2,1H3,(H,8,9). The van der Waals surface area contributed by atoms with Gasteiger partial charge in [-0.05, 0) is 0 Å². The molecule has 0 saturated carbocycles. The lowest BCUT2D eigenvalue weighted by molar-refractivity contribution is -0.427. The summed E-state index contributed by atoms with van der Waals surface area (Å²) in [6.45, 7) is 1.61. The van der Waals surface area contributed by atoms with Crippen LogP contribution in [0.25, 0.3) is 0 Å². The SMILES string of the molecule is CCC(=CCC(=O)O)[N+](=O)[O-]. The van der Waals surface area contributed by atoms with Crippen LogP contribution in [0, 0.1) is 10.1 Å². The lowest BCUT2D eigenvalue weighted by atomic mass is 10.3. The van der Waals surface area contributed by atoms with E-state index in [9.17, 15) is 14.9 Å². The maximum Gasteiger partial charge on any atom is 0.307 e. The predicted octanol–water partition coefficient (Wildman–Crippen LogP) is 1.03. The molecular weight excluding hydrogens is 150 g/mol. The summed E-state index contributed by atoms with van der Waals surface area (Å²) in [5, 5.41) is 18.3. The largest absolute Gasteiger partial charge is 0.481 e. The monoisotopic (exact) mass is 159 g/mol. The number of carbonyl (C=O) groups is 1. The van der Waals surface area contributed by atoms with Crippen LogP contribution in [-0.4, -0.2) is 16.0 Å². The Hall–Kier alpha value is -1.39. The van der Waals surface area contributed by atoms with Crippen molar-refractivity contribution >= 4 is 5.97 Å². The van der Waals surface area contributed by atoms with Gasteiger partial charge in [-0.2, -0.15) is 0 Å². The Labute approximate surface area is 63.5 Å². The van der Waals surface area contributed by atoms with Crippen molar-refractivity contribution in [1.29, 1.82) is 0 Å². The zero-order valence-corrected chi connectivity index (χ0v) is 6.11. The molecule has 0 aromatic carbocycles. The molecule has 5 nitrogen and oxygen atoms in total. The number of hydrogen-bond acceptors (Lipinski definition) is 3. The Morgan fingerprint density at radius 2 is 2.27 bits per heavy atom. The quantitative estimate of drug-likeness (QED) is 0.490. The summed E-state index contributed by atoms with van der Waals surface area (Å²) in [6.07, 6.45) is 1.08. The molecule has 0 heterocycles. The van der Waals surface area contributed by atoms with Crippen LogP contribution in [0.1, 0.15) is 19.8 Å². The van der Waals surface area contributed by atoms with E-state index in [0.717, 1.165) is 6.08 Å². The summed E-state index contributed by atoms with van der Waals surface area (Å²) < 4.78 is 0. The van der Waals surface area contributed by atoms with Gasteiger partial charge in [-0.15, -0.1) is 0 Å². The molecule has 0 unspecified atom stereocenters. The van der Waals surface area contributed by atoms with Gasteiger partial charge in [-0.1, -0.05) is 6.92 Å². The van der Waals surface area contributed by atoms with Crippen molar-refractivity contribution in [3.8, 4) is 0 Å². The Bertz CT molecular complexity index is 197. The van der Waals surface area contributed by atoms with E-state index in [2.05, 4.69) is 0 Å². The Morgan fingerprint density at radius 1 is 1.73 bits per heavy atom. The molecule has 1 N–H and O–H groups in total. The molecule has 0 saturated heterocycles. The van der Waals surface area contributed by atoms with Gasteiger partial charge in [-0.25, -0.2) is 0 Å². The third kappa shape index (κ3) is 4.07. The van der Waals surface area contributed by atoms with Gasteiger partial charge in [0, 0.05) is 12.5 Å². The molecule has 5 heteroatoms. The van der Waals surface area contributed by atoms with Gasteiger partial charge in [0.15, 0.2) is 0 Å². The van der Waals surface area contributed by atoms with E-state index in [4.69, 9.17) is 5.11 Å². The van der Waals surface area contributed by atoms with Crippen LogP contribution < -0.4 is 0 Å². The van der Waals surface area contributed by atoms with Crippen LogP contribution in [0.2, 0.25) is 0 Å². The molecule has 0 atom stereocenters. The second kappa shape index (κ2) is 4.43. The van der Waals surface area contributed by atoms with Gasteiger partial charge in [0.05, 0.1) is 11.3 Å². The summed E-state index contributed by atoms with van der Waals surface area (Å²) in [5.74, 6) is -1.06. The Kier molecular flexibility index (Phi) is 3.87. The first-order chi connectivity index (χ1) is 5.07. The van der Waals surface area contributed by atoms with Crippen molar-refractivity contribution in [3.05, 3.63) is 21.9 Å². The van der Waals surface area contributed by atoms with Gasteiger partial charge in [0.1, 0.15) is 0 Å². The maximum atomic E-state index is 10.1. The third-order valence-corrected chi connectivity index (χ3v) is 1.11. The van der Waals surface area contributed by atoms with Crippen LogP contribution in [0.5, 0.6) is 0 Å². The first-order valence-electron chi connectivity index (χ1n) is 3.13. The molecule has 62 valence electrons. The minimum absolute atomic E-state index is 0.0487. The van der Waals surface area contributed by atoms with Crippen LogP contribution in [0.15, 0.2) is 11.8 Å². The number of nitrogens with zero attached hydrogens (tertiary/aromatic N) is 1. The minimum atomic E-state index is -1.06. The van der Waals surface area contributed by atoms with E-state index in [1.807, 2.05) is 0 Å². The predicted molar refractivity (Wildman–Crippen MR) is 37.6 cm³/mol. The lowest BCUT2D eigenvalue weighted by Crippen LogP contribution is -1.99. The van der Waals surface area contributed by atoms with E-state index < -0.39 is 10.9 Å². The fraction of sp³-hybridized carbons (Fsp3) is 0.500. The molecule has 0 aromatic rings. The van der Waals surface area contributed by atoms with Gasteiger partial charge >= 0.3 is 5.97 Å². The number of hydrogen-bond donors (Lipinski definition) is 1. The number of allylic oxidation sites excluding steroid dienone is 1. The average Bonchev–Trinajstić information content (AvgIpc) is 1.87. The Balaban J connectivity index is 4.13. The van der Waals surface area contributed by atoms with Gasteiger partial charge in [0.2, 0.25) is 5.70 Å². The smallest absolute Gasteiger partial charge is 0.307 e. The van der Waals surface area contributed by atoms with Gasteiger partial charge in [0.25, 0.3) is 0 Å². The topological polar surface area (TPSA) is 80.4 Å². The van der Waals surface area contributed by atoms with Crippen LogP contribution in [-0.2, 0) is 4.79 Å². The van der Waals surface area contributed by atoms with E-state index in [-0.39, 0.29) is 18.5 Å². The normalized spacial score (nSPS) is 11.2. The number of nitro groups is 1. The maximum absolute atomic E-state index is 10.1. The van der Waals surface area contributed by atoms with Crippen molar-refractivity contribution in [1.82, 2.24) is 0 Å². The van der Waals surface area contributed by atoms with E-state index in [1.165, 1.54) is 0 Å². The molecule has 0 aliphatic heterocycles. The highest BCUT2D eigenvalue weighted by atomic mass is 16.6. The summed E-state index contributed by atoms with van der Waals surface area (Å²) in [6, 6.07) is 0. The molecule has 0 aromatic heterocycles. The summed E-state index contributed by atoms with van der Waals surface area (Å²) in [7, 11) is 0. The summed E-state index contributed by atoms with van der Waals surface area (Å²) >= 11 is 0. The molecular formula is C6H9NO4. The molecule has 0 amide bonds. The molecule has 0 aliphatic rings. The van der Waals surface area contributed by atoms with Crippen molar-refractivity contribution in [2.75, 3.05) is 0 Å². The highest BCUT2D eigenvalue weighted by molar-refractivity contribution is 5.68. The fourth-order valence-electron chi connectivity index (χ4n) is 0.553. The van der Waals surface area contributed by atoms with Crippen molar-refractivity contribution in [3.63, 3.8) is 0 Å². The van der Waals surface area contributed by atoms with E-state index >= 15 is 0 Å². The second-order valence-electron chi connectivity index (χ2n) is 1.90. The molecule has 0 spiro atoms. The second-order valence-corrected chi connectivity index (χ2v) is 1.90. The number of rotatable bonds is 4. The highest BCUT2D eigenvalue weighted by Crippen LogP contribution is 2.02. The number of carboxylic acids is 1. The first-order valence-corrected chi connectivity index (χ1v) is 3.13. The highest BCUT2D eigenvalue weighted by Gasteiger charge is 2.06. The van der Waals surface area contributed by atoms with E-state index in [1.54, 1.807) is 6.92 Å². The van der Waals surface area contributed by atoms with Crippen molar-refractivity contribution < 1.29 is 14.8 Å². The van der Waals surface area contributed by atoms with Crippen LogP contribution in [0.4, 0.5) is 0 Å². The molecule has 0 radical (unpaired) electrons. The molecule has 0 fully saturated rings. The van der Waals surface area contributed by atoms with Gasteiger partial charge in [-0.3, -0.25) is 14.9 Å². The zero-order valence-electron chi connectivity index (χ0n) is 6.11. The Morgan fingerprint density at radius 3 is 2.55 bits per heavy atom. The molecule has 11 heavy (non-hydrogen) atoms. The molecule has 0 rings (SSSR count). The van der Waals surface area contributed by atoms with Gasteiger partial charge < -0.3 is 5.11 Å². The lowest BCUT2D eigenvalue weighted by Gasteiger charge is -1.90. The van der Waals surface area contributed by atoms with Crippen LogP contribution >= 0.6 is 0 Å². The van der Waals surface area contributed by atoms with Crippen molar-refractivity contribution in [2.45, 2.75) is 19.8 Å². The fourth-order valence-corrected chi connectivity index (χ4v) is 0.553. The molecule has 0 aliphatic carbocycles. The first kappa shape index (κ1) is 9.61. The summed E-state index contributed by atoms with van der Waals surface area (Å²) in [4.78, 5) is 19.5. The minimum Gasteiger partial charge on any atom is -0.481 e. The summed E-state index contributed by atoms with van der Waals surface area (Å²) in [5.41, 5.74) is -0.0487. The number of carboxylic acid groups (broad SMARTS) is 1. The van der Waals surface area contributed by atoms with Crippen molar-refractivity contribution in [2.24, 2.45) is 0 Å². The zero-order chi connectivity index (χ0) is 8.85. The van der Waals surface area contributed by atoms with E-state index in [0.29, 0.717) is 0 Å². The third-order valence-electron chi connectivity index (χ3n) is 1.11. The average molecular weight is 159 g/mol. The number of aliphatic carboxylic acids is 1.